The number of rotatable bonds is 7. The number of hydrogen-bond donors (Lipinski definition) is 0. The molecule has 3 nitrogen and oxygen atoms in total. The molecule has 0 N–H and O–H groups in total. The van der Waals surface area contributed by atoms with Gasteiger partial charge in [-0.2, -0.15) is 0 Å². The molecular formula is C16H23NO2. The van der Waals surface area contributed by atoms with Gasteiger partial charge in [-0.3, -0.25) is 4.79 Å². The van der Waals surface area contributed by atoms with E-state index in [1.807, 2.05) is 49.1 Å². The van der Waals surface area contributed by atoms with Crippen LogP contribution < -0.4 is 0 Å². The van der Waals surface area contributed by atoms with Gasteiger partial charge in [0.2, 0.25) is 5.91 Å². The molecule has 104 valence electrons. The van der Waals surface area contributed by atoms with Gasteiger partial charge in [0.1, 0.15) is 6.61 Å². The zero-order valence-corrected chi connectivity index (χ0v) is 11.8. The molecule has 2 rings (SSSR count). The summed E-state index contributed by atoms with van der Waals surface area (Å²) in [6.07, 6.45) is 2.51. The molecule has 0 bridgehead atoms. The van der Waals surface area contributed by atoms with Crippen molar-refractivity contribution in [2.45, 2.75) is 39.3 Å². The highest BCUT2D eigenvalue weighted by Gasteiger charge is 2.23. The van der Waals surface area contributed by atoms with Gasteiger partial charge in [0.25, 0.3) is 0 Å². The molecule has 1 aromatic carbocycles. The van der Waals surface area contributed by atoms with Crippen LogP contribution in [0.15, 0.2) is 30.3 Å². The maximum absolute atomic E-state index is 12.2. The van der Waals surface area contributed by atoms with Crippen molar-refractivity contribution in [2.75, 3.05) is 13.2 Å². The molecule has 19 heavy (non-hydrogen) atoms. The van der Waals surface area contributed by atoms with E-state index >= 15 is 0 Å². The lowest BCUT2D eigenvalue weighted by molar-refractivity contribution is -0.138. The summed E-state index contributed by atoms with van der Waals surface area (Å²) < 4.78 is 5.50. The van der Waals surface area contributed by atoms with E-state index in [0.29, 0.717) is 12.5 Å². The Labute approximate surface area is 115 Å². The molecule has 0 radical (unpaired) electrons. The standard InChI is InChI=1S/C16H23NO2/c1-13(2)17(10-14-6-4-3-5-7-14)16(18)12-19-11-15-8-9-15/h3-7,13,15H,8-12H2,1-2H3. The van der Waals surface area contributed by atoms with Crippen LogP contribution in [-0.4, -0.2) is 30.1 Å². The number of hydrogen-bond acceptors (Lipinski definition) is 2. The number of carbonyl (C=O) groups excluding carboxylic acids is 1. The Morgan fingerprint density at radius 3 is 2.58 bits per heavy atom. The molecule has 0 spiro atoms. The minimum Gasteiger partial charge on any atom is -0.371 e. The van der Waals surface area contributed by atoms with Gasteiger partial charge in [0, 0.05) is 12.6 Å². The van der Waals surface area contributed by atoms with Crippen LogP contribution in [-0.2, 0) is 16.1 Å². The van der Waals surface area contributed by atoms with E-state index in [1.54, 1.807) is 0 Å². The number of carbonyl (C=O) groups is 1. The second-order valence-corrected chi connectivity index (χ2v) is 5.56. The number of benzene rings is 1. The number of amides is 1. The first-order valence-corrected chi connectivity index (χ1v) is 7.08. The first-order chi connectivity index (χ1) is 9.16. The lowest BCUT2D eigenvalue weighted by atomic mass is 10.2. The van der Waals surface area contributed by atoms with Crippen LogP contribution in [0, 0.1) is 5.92 Å². The second-order valence-electron chi connectivity index (χ2n) is 5.56. The molecule has 1 amide bonds. The van der Waals surface area contributed by atoms with E-state index < -0.39 is 0 Å². The summed E-state index contributed by atoms with van der Waals surface area (Å²) in [5, 5.41) is 0. The minimum atomic E-state index is 0.0829. The van der Waals surface area contributed by atoms with Crippen molar-refractivity contribution in [3.63, 3.8) is 0 Å². The molecule has 1 aromatic rings. The molecule has 1 saturated carbocycles. The van der Waals surface area contributed by atoms with E-state index in [9.17, 15) is 4.79 Å². The van der Waals surface area contributed by atoms with Crippen molar-refractivity contribution in [3.8, 4) is 0 Å². The second kappa shape index (κ2) is 6.71. The molecule has 1 aliphatic carbocycles. The summed E-state index contributed by atoms with van der Waals surface area (Å²) >= 11 is 0. The summed E-state index contributed by atoms with van der Waals surface area (Å²) in [5.74, 6) is 0.786. The Kier molecular flexibility index (Phi) is 4.97. The van der Waals surface area contributed by atoms with E-state index in [0.717, 1.165) is 12.2 Å². The van der Waals surface area contributed by atoms with Crippen LogP contribution in [0.1, 0.15) is 32.3 Å². The summed E-state index contributed by atoms with van der Waals surface area (Å²) in [7, 11) is 0. The first-order valence-electron chi connectivity index (χ1n) is 7.08. The smallest absolute Gasteiger partial charge is 0.249 e. The molecule has 0 heterocycles. The van der Waals surface area contributed by atoms with Gasteiger partial charge in [-0.1, -0.05) is 30.3 Å². The summed E-state index contributed by atoms with van der Waals surface area (Å²) in [5.41, 5.74) is 1.16. The molecular weight excluding hydrogens is 238 g/mol. The van der Waals surface area contributed by atoms with Gasteiger partial charge >= 0.3 is 0 Å². The van der Waals surface area contributed by atoms with Gasteiger partial charge in [-0.25, -0.2) is 0 Å². The van der Waals surface area contributed by atoms with E-state index in [1.165, 1.54) is 12.8 Å². The Hall–Kier alpha value is -1.35. The van der Waals surface area contributed by atoms with E-state index in [2.05, 4.69) is 0 Å². The van der Waals surface area contributed by atoms with Gasteiger partial charge in [0.15, 0.2) is 0 Å². The predicted octanol–water partition coefficient (Wildman–Crippen LogP) is 2.85. The Morgan fingerprint density at radius 1 is 1.32 bits per heavy atom. The van der Waals surface area contributed by atoms with Crippen LogP contribution in [0.5, 0.6) is 0 Å². The molecule has 0 aliphatic heterocycles. The maximum Gasteiger partial charge on any atom is 0.249 e. The lowest BCUT2D eigenvalue weighted by Gasteiger charge is -2.27. The average Bonchev–Trinajstić information content (AvgIpc) is 3.21. The third-order valence-electron chi connectivity index (χ3n) is 3.42. The Bertz CT molecular complexity index is 398. The molecule has 0 aromatic heterocycles. The Morgan fingerprint density at radius 2 is 2.00 bits per heavy atom. The third kappa shape index (κ3) is 4.67. The number of nitrogens with zero attached hydrogens (tertiary/aromatic N) is 1. The summed E-state index contributed by atoms with van der Waals surface area (Å²) in [4.78, 5) is 14.1. The fourth-order valence-electron chi connectivity index (χ4n) is 2.02. The SMILES string of the molecule is CC(C)N(Cc1ccccc1)C(=O)COCC1CC1. The fraction of sp³-hybridized carbons (Fsp3) is 0.562. The van der Waals surface area contributed by atoms with Crippen molar-refractivity contribution in [3.05, 3.63) is 35.9 Å². The van der Waals surface area contributed by atoms with Crippen molar-refractivity contribution in [1.29, 1.82) is 0 Å². The fourth-order valence-corrected chi connectivity index (χ4v) is 2.02. The highest BCUT2D eigenvalue weighted by atomic mass is 16.5. The van der Waals surface area contributed by atoms with Gasteiger partial charge in [-0.15, -0.1) is 0 Å². The minimum absolute atomic E-state index is 0.0829. The van der Waals surface area contributed by atoms with Gasteiger partial charge < -0.3 is 9.64 Å². The lowest BCUT2D eigenvalue weighted by Crippen LogP contribution is -2.38. The third-order valence-corrected chi connectivity index (χ3v) is 3.42. The van der Waals surface area contributed by atoms with Crippen molar-refractivity contribution < 1.29 is 9.53 Å². The quantitative estimate of drug-likeness (QED) is 0.755. The average molecular weight is 261 g/mol. The van der Waals surface area contributed by atoms with E-state index in [4.69, 9.17) is 4.74 Å². The van der Waals surface area contributed by atoms with Crippen LogP contribution >= 0.6 is 0 Å². The van der Waals surface area contributed by atoms with Crippen molar-refractivity contribution in [1.82, 2.24) is 4.90 Å². The maximum atomic E-state index is 12.2. The molecule has 0 saturated heterocycles. The highest BCUT2D eigenvalue weighted by Crippen LogP contribution is 2.28. The Balaban J connectivity index is 1.85. The van der Waals surface area contributed by atoms with Crippen LogP contribution in [0.4, 0.5) is 0 Å². The summed E-state index contributed by atoms with van der Waals surface area (Å²) in [6, 6.07) is 10.3. The van der Waals surface area contributed by atoms with Crippen molar-refractivity contribution in [2.24, 2.45) is 5.92 Å². The highest BCUT2D eigenvalue weighted by molar-refractivity contribution is 5.77. The molecule has 1 aliphatic rings. The van der Waals surface area contributed by atoms with Gasteiger partial charge in [-0.05, 0) is 38.2 Å². The predicted molar refractivity (Wildman–Crippen MR) is 75.7 cm³/mol. The molecule has 0 unspecified atom stereocenters. The van der Waals surface area contributed by atoms with E-state index in [-0.39, 0.29) is 18.6 Å². The zero-order valence-electron chi connectivity index (χ0n) is 11.8. The zero-order chi connectivity index (χ0) is 13.7. The molecule has 1 fully saturated rings. The van der Waals surface area contributed by atoms with Crippen LogP contribution in [0.2, 0.25) is 0 Å². The van der Waals surface area contributed by atoms with Crippen molar-refractivity contribution >= 4 is 5.91 Å². The topological polar surface area (TPSA) is 29.5 Å². The largest absolute Gasteiger partial charge is 0.371 e. The monoisotopic (exact) mass is 261 g/mol. The molecule has 0 atom stereocenters. The van der Waals surface area contributed by atoms with Crippen LogP contribution in [0.3, 0.4) is 0 Å². The summed E-state index contributed by atoms with van der Waals surface area (Å²) in [6.45, 7) is 5.69. The number of ether oxygens (including phenoxy) is 1. The normalized spacial score (nSPS) is 14.7. The molecule has 3 heteroatoms. The van der Waals surface area contributed by atoms with Gasteiger partial charge in [0.05, 0.1) is 6.61 Å². The first kappa shape index (κ1) is 14.1. The van der Waals surface area contributed by atoms with Crippen LogP contribution in [0.25, 0.3) is 0 Å².